The highest BCUT2D eigenvalue weighted by atomic mass is 16.1. The fourth-order valence-electron chi connectivity index (χ4n) is 2.98. The Morgan fingerprint density at radius 1 is 1.24 bits per heavy atom. The summed E-state index contributed by atoms with van der Waals surface area (Å²) in [7, 11) is 0. The van der Waals surface area contributed by atoms with Gasteiger partial charge in [-0.1, -0.05) is 20.3 Å². The maximum Gasteiger partial charge on any atom is 0.233 e. The number of nitrogens with one attached hydrogen (secondary N) is 2. The van der Waals surface area contributed by atoms with E-state index in [1.807, 2.05) is 0 Å². The van der Waals surface area contributed by atoms with Crippen molar-refractivity contribution < 1.29 is 4.79 Å². The molecular weight excluding hydrogens is 212 g/mol. The van der Waals surface area contributed by atoms with Crippen molar-refractivity contribution in [2.24, 2.45) is 17.8 Å². The van der Waals surface area contributed by atoms with Crippen LogP contribution < -0.4 is 10.6 Å². The molecule has 3 unspecified atom stereocenters. The van der Waals surface area contributed by atoms with Gasteiger partial charge in [-0.2, -0.15) is 0 Å². The molecule has 2 rings (SSSR count). The van der Waals surface area contributed by atoms with Crippen LogP contribution in [0.4, 0.5) is 0 Å². The Labute approximate surface area is 105 Å². The number of carbonyl (C=O) groups is 1. The molecule has 17 heavy (non-hydrogen) atoms. The second-order valence-corrected chi connectivity index (χ2v) is 5.84. The molecule has 1 amide bonds. The Balaban J connectivity index is 1.62. The lowest BCUT2D eigenvalue weighted by Crippen LogP contribution is -2.41. The highest BCUT2D eigenvalue weighted by molar-refractivity contribution is 5.78. The van der Waals surface area contributed by atoms with E-state index in [0.717, 1.165) is 24.3 Å². The molecular formula is C14H26N2O. The molecule has 3 heteroatoms. The van der Waals surface area contributed by atoms with Gasteiger partial charge < -0.3 is 10.6 Å². The average Bonchev–Trinajstić information content (AvgIpc) is 3.08. The zero-order valence-corrected chi connectivity index (χ0v) is 11.2. The maximum absolute atomic E-state index is 11.6. The summed E-state index contributed by atoms with van der Waals surface area (Å²) in [5, 5.41) is 6.43. The van der Waals surface area contributed by atoms with Crippen LogP contribution in [0.25, 0.3) is 0 Å². The highest BCUT2D eigenvalue weighted by Gasteiger charge is 2.31. The van der Waals surface area contributed by atoms with Crippen molar-refractivity contribution in [3.05, 3.63) is 0 Å². The van der Waals surface area contributed by atoms with Gasteiger partial charge in [-0.25, -0.2) is 0 Å². The minimum absolute atomic E-state index is 0.170. The molecule has 0 bridgehead atoms. The fourth-order valence-corrected chi connectivity index (χ4v) is 2.98. The van der Waals surface area contributed by atoms with E-state index in [2.05, 4.69) is 24.5 Å². The van der Waals surface area contributed by atoms with Gasteiger partial charge in [-0.05, 0) is 43.4 Å². The third-order valence-corrected chi connectivity index (χ3v) is 4.56. The van der Waals surface area contributed by atoms with Gasteiger partial charge in [0, 0.05) is 12.6 Å². The lowest BCUT2D eigenvalue weighted by Gasteiger charge is -2.20. The van der Waals surface area contributed by atoms with Crippen molar-refractivity contribution in [2.45, 2.75) is 52.0 Å². The second-order valence-electron chi connectivity index (χ2n) is 5.84. The third-order valence-electron chi connectivity index (χ3n) is 4.56. The first-order chi connectivity index (χ1) is 8.20. The predicted octanol–water partition coefficient (Wildman–Crippen LogP) is 1.93. The second kappa shape index (κ2) is 5.85. The molecule has 0 spiro atoms. The molecule has 0 aliphatic heterocycles. The SMILES string of the molecule is CCC1CCC(NCC(=O)NCC2CC2)C1C. The standard InChI is InChI=1S/C14H26N2O/c1-3-12-6-7-13(10(12)2)15-9-14(17)16-8-11-4-5-11/h10-13,15H,3-9H2,1-2H3,(H,16,17). The van der Waals surface area contributed by atoms with Crippen LogP contribution in [-0.2, 0) is 4.79 Å². The molecule has 2 fully saturated rings. The van der Waals surface area contributed by atoms with Crippen molar-refractivity contribution >= 4 is 5.91 Å². The molecule has 2 aliphatic carbocycles. The van der Waals surface area contributed by atoms with Crippen LogP contribution in [-0.4, -0.2) is 25.0 Å². The summed E-state index contributed by atoms with van der Waals surface area (Å²) in [5.41, 5.74) is 0. The van der Waals surface area contributed by atoms with E-state index in [1.54, 1.807) is 0 Å². The molecule has 0 radical (unpaired) electrons. The number of hydrogen-bond donors (Lipinski definition) is 2. The molecule has 2 saturated carbocycles. The van der Waals surface area contributed by atoms with Crippen molar-refractivity contribution in [1.29, 1.82) is 0 Å². The number of amides is 1. The quantitative estimate of drug-likeness (QED) is 0.742. The van der Waals surface area contributed by atoms with Gasteiger partial charge >= 0.3 is 0 Å². The highest BCUT2D eigenvalue weighted by Crippen LogP contribution is 2.33. The van der Waals surface area contributed by atoms with E-state index in [1.165, 1.54) is 32.1 Å². The van der Waals surface area contributed by atoms with Gasteiger partial charge in [0.15, 0.2) is 0 Å². The monoisotopic (exact) mass is 238 g/mol. The number of hydrogen-bond acceptors (Lipinski definition) is 2. The Hall–Kier alpha value is -0.570. The molecule has 0 saturated heterocycles. The summed E-state index contributed by atoms with van der Waals surface area (Å²) in [6.45, 7) is 5.98. The lowest BCUT2D eigenvalue weighted by molar-refractivity contribution is -0.120. The van der Waals surface area contributed by atoms with Crippen LogP contribution in [0.1, 0.15) is 46.0 Å². The molecule has 0 aromatic carbocycles. The molecule has 0 aromatic heterocycles. The molecule has 0 heterocycles. The molecule has 2 aliphatic rings. The zero-order chi connectivity index (χ0) is 12.3. The molecule has 3 atom stereocenters. The molecule has 2 N–H and O–H groups in total. The molecule has 98 valence electrons. The third kappa shape index (κ3) is 3.70. The van der Waals surface area contributed by atoms with Crippen molar-refractivity contribution in [3.8, 4) is 0 Å². The van der Waals surface area contributed by atoms with Crippen LogP contribution in [0.15, 0.2) is 0 Å². The van der Waals surface area contributed by atoms with E-state index in [9.17, 15) is 4.79 Å². The van der Waals surface area contributed by atoms with Gasteiger partial charge in [0.2, 0.25) is 5.91 Å². The number of rotatable bonds is 6. The van der Waals surface area contributed by atoms with Crippen LogP contribution in [0.5, 0.6) is 0 Å². The van der Waals surface area contributed by atoms with E-state index in [4.69, 9.17) is 0 Å². The van der Waals surface area contributed by atoms with Gasteiger partial charge in [0.05, 0.1) is 6.54 Å². The summed E-state index contributed by atoms with van der Waals surface area (Å²) in [5.74, 6) is 2.51. The first-order valence-electron chi connectivity index (χ1n) is 7.20. The Kier molecular flexibility index (Phi) is 4.43. The van der Waals surface area contributed by atoms with E-state index in [0.29, 0.717) is 12.6 Å². The van der Waals surface area contributed by atoms with E-state index in [-0.39, 0.29) is 5.91 Å². The van der Waals surface area contributed by atoms with Gasteiger partial charge in [0.25, 0.3) is 0 Å². The van der Waals surface area contributed by atoms with Crippen LogP contribution in [0, 0.1) is 17.8 Å². The minimum Gasteiger partial charge on any atom is -0.355 e. The summed E-state index contributed by atoms with van der Waals surface area (Å²) in [6.07, 6.45) is 6.42. The van der Waals surface area contributed by atoms with Crippen LogP contribution >= 0.6 is 0 Å². The first kappa shape index (κ1) is 12.9. The Morgan fingerprint density at radius 2 is 2.00 bits per heavy atom. The van der Waals surface area contributed by atoms with Crippen molar-refractivity contribution in [2.75, 3.05) is 13.1 Å². The minimum atomic E-state index is 0.170. The topological polar surface area (TPSA) is 41.1 Å². The molecule has 3 nitrogen and oxygen atoms in total. The van der Waals surface area contributed by atoms with E-state index >= 15 is 0 Å². The van der Waals surface area contributed by atoms with Gasteiger partial charge in [-0.15, -0.1) is 0 Å². The summed E-state index contributed by atoms with van der Waals surface area (Å²) in [4.78, 5) is 11.6. The maximum atomic E-state index is 11.6. The summed E-state index contributed by atoms with van der Waals surface area (Å²) in [6, 6.07) is 0.548. The number of carbonyl (C=O) groups excluding carboxylic acids is 1. The smallest absolute Gasteiger partial charge is 0.233 e. The van der Waals surface area contributed by atoms with Crippen molar-refractivity contribution in [1.82, 2.24) is 10.6 Å². The average molecular weight is 238 g/mol. The predicted molar refractivity (Wildman–Crippen MR) is 69.7 cm³/mol. The van der Waals surface area contributed by atoms with Crippen LogP contribution in [0.2, 0.25) is 0 Å². The van der Waals surface area contributed by atoms with Crippen molar-refractivity contribution in [3.63, 3.8) is 0 Å². The molecule has 0 aromatic rings. The largest absolute Gasteiger partial charge is 0.355 e. The summed E-state index contributed by atoms with van der Waals surface area (Å²) >= 11 is 0. The first-order valence-corrected chi connectivity index (χ1v) is 7.20. The Bertz CT molecular complexity index is 263. The van der Waals surface area contributed by atoms with Gasteiger partial charge in [-0.3, -0.25) is 4.79 Å². The fraction of sp³-hybridized carbons (Fsp3) is 0.929. The van der Waals surface area contributed by atoms with Gasteiger partial charge in [0.1, 0.15) is 0 Å². The van der Waals surface area contributed by atoms with E-state index < -0.39 is 0 Å². The van der Waals surface area contributed by atoms with Crippen LogP contribution in [0.3, 0.4) is 0 Å². The Morgan fingerprint density at radius 3 is 2.59 bits per heavy atom. The lowest BCUT2D eigenvalue weighted by atomic mass is 9.93. The zero-order valence-electron chi connectivity index (χ0n) is 11.2. The summed E-state index contributed by atoms with van der Waals surface area (Å²) < 4.78 is 0. The normalized spacial score (nSPS) is 32.7.